The third-order valence-corrected chi connectivity index (χ3v) is 6.61. The average Bonchev–Trinajstić information content (AvgIpc) is 2.75. The van der Waals surface area contributed by atoms with E-state index in [0.29, 0.717) is 17.4 Å². The van der Waals surface area contributed by atoms with Gasteiger partial charge in [-0.1, -0.05) is 96.8 Å². The minimum Gasteiger partial charge on any atom is -0.435 e. The summed E-state index contributed by atoms with van der Waals surface area (Å²) in [7, 11) is 1.79. The Morgan fingerprint density at radius 1 is 0.794 bits per heavy atom. The van der Waals surface area contributed by atoms with Crippen LogP contribution in [0.2, 0.25) is 0 Å². The van der Waals surface area contributed by atoms with Gasteiger partial charge in [-0.05, 0) is 12.5 Å². The van der Waals surface area contributed by atoms with Crippen LogP contribution in [0.5, 0.6) is 0 Å². The zero-order valence-corrected chi connectivity index (χ0v) is 23.4. The lowest BCUT2D eigenvalue weighted by Crippen LogP contribution is -2.37. The van der Waals surface area contributed by atoms with Crippen molar-refractivity contribution in [2.75, 3.05) is 40.9 Å². The van der Waals surface area contributed by atoms with Crippen LogP contribution in [-0.2, 0) is 23.1 Å². The van der Waals surface area contributed by atoms with Crippen LogP contribution in [-0.4, -0.2) is 56.2 Å². The standard InChI is InChI=1S/C26H52NO6P/c1-5-6-7-8-9-10-11-12-13-14-15-16-17-18-19-21-26(28)31-23-20-24-32-34(29,30)33-25-22-27(2,3)4/h20,23H,5-19,21-22,24-25H2,1-4H3/p+1. The van der Waals surface area contributed by atoms with Crippen molar-refractivity contribution < 1.29 is 32.5 Å². The van der Waals surface area contributed by atoms with Gasteiger partial charge < -0.3 is 14.1 Å². The van der Waals surface area contributed by atoms with E-state index in [4.69, 9.17) is 13.8 Å². The number of hydrogen-bond donors (Lipinski definition) is 1. The van der Waals surface area contributed by atoms with E-state index in [1.165, 1.54) is 89.4 Å². The molecular formula is C26H53NO6P+. The number of nitrogens with zero attached hydrogens (tertiary/aromatic N) is 1. The second kappa shape index (κ2) is 21.6. The molecule has 0 spiro atoms. The number of ether oxygens (including phenoxy) is 1. The molecule has 0 aromatic rings. The van der Waals surface area contributed by atoms with Crippen LogP contribution in [0.4, 0.5) is 0 Å². The zero-order chi connectivity index (χ0) is 25.5. The molecule has 34 heavy (non-hydrogen) atoms. The predicted octanol–water partition coefficient (Wildman–Crippen LogP) is 7.14. The SMILES string of the molecule is CCCCCCCCCCCCCCCCCC(=O)OC=CCOP(=O)(O)OCC[N+](C)(C)C. The lowest BCUT2D eigenvalue weighted by molar-refractivity contribution is -0.870. The second-order valence-electron chi connectivity index (χ2n) is 10.2. The fourth-order valence-corrected chi connectivity index (χ4v) is 4.13. The summed E-state index contributed by atoms with van der Waals surface area (Å²) in [5, 5.41) is 0. The van der Waals surface area contributed by atoms with Gasteiger partial charge in [-0.25, -0.2) is 4.57 Å². The first-order valence-corrected chi connectivity index (χ1v) is 14.9. The Morgan fingerprint density at radius 3 is 1.74 bits per heavy atom. The normalized spacial score (nSPS) is 13.9. The Bertz CT molecular complexity index is 562. The molecule has 202 valence electrons. The summed E-state index contributed by atoms with van der Waals surface area (Å²) in [5.41, 5.74) is 0. The van der Waals surface area contributed by atoms with E-state index in [1.54, 1.807) is 0 Å². The molecule has 1 unspecified atom stereocenters. The maximum Gasteiger partial charge on any atom is 0.472 e. The van der Waals surface area contributed by atoms with Gasteiger partial charge in [0.2, 0.25) is 0 Å². The Hall–Kier alpha value is -0.720. The highest BCUT2D eigenvalue weighted by atomic mass is 31.2. The Balaban J connectivity index is 3.48. The van der Waals surface area contributed by atoms with E-state index < -0.39 is 7.82 Å². The Morgan fingerprint density at radius 2 is 1.26 bits per heavy atom. The molecule has 0 radical (unpaired) electrons. The summed E-state index contributed by atoms with van der Waals surface area (Å²) in [6.45, 7) is 2.80. The molecule has 0 rings (SSSR count). The molecule has 0 saturated carbocycles. The molecule has 8 heteroatoms. The van der Waals surface area contributed by atoms with Gasteiger partial charge in [0, 0.05) is 6.42 Å². The van der Waals surface area contributed by atoms with E-state index in [-0.39, 0.29) is 19.2 Å². The highest BCUT2D eigenvalue weighted by Gasteiger charge is 2.21. The van der Waals surface area contributed by atoms with Gasteiger partial charge in [0.25, 0.3) is 0 Å². The van der Waals surface area contributed by atoms with Gasteiger partial charge in [0.15, 0.2) is 0 Å². The van der Waals surface area contributed by atoms with Gasteiger partial charge in [-0.2, -0.15) is 0 Å². The summed E-state index contributed by atoms with van der Waals surface area (Å²) < 4.78 is 27.1. The molecule has 0 fully saturated rings. The highest BCUT2D eigenvalue weighted by Crippen LogP contribution is 2.42. The minimum absolute atomic E-state index is 0.120. The van der Waals surface area contributed by atoms with Crippen molar-refractivity contribution >= 4 is 13.8 Å². The van der Waals surface area contributed by atoms with Crippen LogP contribution >= 0.6 is 7.82 Å². The first-order chi connectivity index (χ1) is 16.2. The lowest BCUT2D eigenvalue weighted by atomic mass is 10.0. The van der Waals surface area contributed by atoms with E-state index >= 15 is 0 Å². The number of likely N-dealkylation sites (N-methyl/N-ethyl adjacent to an activating group) is 1. The maximum absolute atomic E-state index is 11.7. The second-order valence-corrected chi connectivity index (χ2v) is 11.6. The molecule has 0 bridgehead atoms. The Kier molecular flexibility index (Phi) is 21.1. The molecule has 0 aliphatic carbocycles. The number of carbonyl (C=O) groups is 1. The fourth-order valence-electron chi connectivity index (χ4n) is 3.47. The van der Waals surface area contributed by atoms with E-state index in [9.17, 15) is 14.3 Å². The molecule has 0 aromatic heterocycles. The first-order valence-electron chi connectivity index (χ1n) is 13.4. The highest BCUT2D eigenvalue weighted by molar-refractivity contribution is 7.47. The minimum atomic E-state index is -4.09. The number of hydrogen-bond acceptors (Lipinski definition) is 5. The Labute approximate surface area is 209 Å². The number of rotatable bonds is 24. The molecule has 7 nitrogen and oxygen atoms in total. The monoisotopic (exact) mass is 506 g/mol. The van der Waals surface area contributed by atoms with Crippen LogP contribution in [0.25, 0.3) is 0 Å². The summed E-state index contributed by atoms with van der Waals surface area (Å²) in [5.74, 6) is -0.294. The number of carbonyl (C=O) groups excluding carboxylic acids is 1. The third kappa shape index (κ3) is 25.9. The van der Waals surface area contributed by atoms with Crippen LogP contribution < -0.4 is 0 Å². The first kappa shape index (κ1) is 33.3. The number of esters is 1. The van der Waals surface area contributed by atoms with Crippen molar-refractivity contribution in [3.8, 4) is 0 Å². The van der Waals surface area contributed by atoms with Gasteiger partial charge in [-0.3, -0.25) is 13.8 Å². The van der Waals surface area contributed by atoms with Gasteiger partial charge >= 0.3 is 13.8 Å². The molecule has 0 heterocycles. The average molecular weight is 507 g/mol. The van der Waals surface area contributed by atoms with Crippen molar-refractivity contribution in [3.63, 3.8) is 0 Å². The zero-order valence-electron chi connectivity index (χ0n) is 22.5. The van der Waals surface area contributed by atoms with Crippen molar-refractivity contribution in [1.29, 1.82) is 0 Å². The van der Waals surface area contributed by atoms with E-state index in [0.717, 1.165) is 19.3 Å². The van der Waals surface area contributed by atoms with Gasteiger partial charge in [0.1, 0.15) is 13.2 Å². The van der Waals surface area contributed by atoms with E-state index in [1.807, 2.05) is 21.1 Å². The number of quaternary nitrogens is 1. The van der Waals surface area contributed by atoms with Crippen LogP contribution in [0, 0.1) is 0 Å². The summed E-state index contributed by atoms with van der Waals surface area (Å²) in [4.78, 5) is 21.3. The van der Waals surface area contributed by atoms with Gasteiger partial charge in [0.05, 0.1) is 34.0 Å². The van der Waals surface area contributed by atoms with Crippen LogP contribution in [0.15, 0.2) is 12.3 Å². The molecule has 0 amide bonds. The topological polar surface area (TPSA) is 82.1 Å². The molecular weight excluding hydrogens is 453 g/mol. The summed E-state index contributed by atoms with van der Waals surface area (Å²) in [6.07, 6.45) is 22.3. The molecule has 1 atom stereocenters. The molecule has 0 aliphatic heterocycles. The van der Waals surface area contributed by atoms with Crippen molar-refractivity contribution in [2.24, 2.45) is 0 Å². The van der Waals surface area contributed by atoms with Crippen molar-refractivity contribution in [1.82, 2.24) is 0 Å². The molecule has 0 aliphatic rings. The number of unbranched alkanes of at least 4 members (excludes halogenated alkanes) is 14. The smallest absolute Gasteiger partial charge is 0.435 e. The van der Waals surface area contributed by atoms with Crippen LogP contribution in [0.3, 0.4) is 0 Å². The van der Waals surface area contributed by atoms with Gasteiger partial charge in [-0.15, -0.1) is 0 Å². The predicted molar refractivity (Wildman–Crippen MR) is 139 cm³/mol. The van der Waals surface area contributed by atoms with Crippen molar-refractivity contribution in [2.45, 2.75) is 110 Å². The summed E-state index contributed by atoms with van der Waals surface area (Å²) >= 11 is 0. The molecule has 0 aromatic carbocycles. The third-order valence-electron chi connectivity index (χ3n) is 5.63. The fraction of sp³-hybridized carbons (Fsp3) is 0.885. The maximum atomic E-state index is 11.7. The summed E-state index contributed by atoms with van der Waals surface area (Å²) in [6, 6.07) is 0. The van der Waals surface area contributed by atoms with Crippen LogP contribution in [0.1, 0.15) is 110 Å². The lowest BCUT2D eigenvalue weighted by Gasteiger charge is -2.23. The van der Waals surface area contributed by atoms with E-state index in [2.05, 4.69) is 6.92 Å². The number of phosphoric ester groups is 1. The molecule has 1 N–H and O–H groups in total. The quantitative estimate of drug-likeness (QED) is 0.0492. The van der Waals surface area contributed by atoms with Crippen molar-refractivity contribution in [3.05, 3.63) is 12.3 Å². The molecule has 0 saturated heterocycles. The number of phosphoric acid groups is 1. The largest absolute Gasteiger partial charge is 0.472 e.